The molecule has 0 unspecified atom stereocenters. The zero-order chi connectivity index (χ0) is 22.0. The van der Waals surface area contributed by atoms with Gasteiger partial charge in [0.2, 0.25) is 5.88 Å². The number of anilines is 1. The number of nitrogens with one attached hydrogen (secondary N) is 3. The molecule has 3 aliphatic heterocycles. The van der Waals surface area contributed by atoms with Gasteiger partial charge < -0.3 is 29.9 Å². The minimum absolute atomic E-state index is 0.180. The predicted octanol–water partition coefficient (Wildman–Crippen LogP) is 1.77. The van der Waals surface area contributed by atoms with Gasteiger partial charge in [0.05, 0.1) is 18.8 Å². The summed E-state index contributed by atoms with van der Waals surface area (Å²) in [6.45, 7) is 4.64. The number of rotatable bonds is 3. The van der Waals surface area contributed by atoms with E-state index in [0.29, 0.717) is 57.4 Å². The Bertz CT molecular complexity index is 899. The molecule has 4 heterocycles. The quantitative estimate of drug-likeness (QED) is 0.497. The number of pyridine rings is 1. The van der Waals surface area contributed by atoms with Gasteiger partial charge in [-0.1, -0.05) is 0 Å². The molecule has 1 aromatic rings. The number of halogens is 1. The van der Waals surface area contributed by atoms with E-state index in [9.17, 15) is 9.18 Å². The minimum Gasteiger partial charge on any atom is -0.474 e. The normalized spacial score (nSPS) is 19.6. The number of nitrogens with zero attached hydrogens (tertiary/aromatic N) is 3. The Labute approximate surface area is 181 Å². The van der Waals surface area contributed by atoms with Crippen LogP contribution in [0.1, 0.15) is 25.0 Å². The van der Waals surface area contributed by atoms with Crippen molar-refractivity contribution in [1.82, 2.24) is 20.5 Å². The first-order chi connectivity index (χ1) is 15.0. The molecule has 10 heteroatoms. The van der Waals surface area contributed by atoms with E-state index in [-0.39, 0.29) is 23.6 Å². The summed E-state index contributed by atoms with van der Waals surface area (Å²) < 4.78 is 25.3. The molecule has 0 spiro atoms. The monoisotopic (exact) mass is 432 g/mol. The summed E-state index contributed by atoms with van der Waals surface area (Å²) >= 11 is 0. The van der Waals surface area contributed by atoms with Crippen LogP contribution in [-0.4, -0.2) is 74.3 Å². The van der Waals surface area contributed by atoms with Crippen molar-refractivity contribution in [2.24, 2.45) is 0 Å². The average Bonchev–Trinajstić information content (AvgIpc) is 2.79. The highest BCUT2D eigenvalue weighted by molar-refractivity contribution is 6.09. The van der Waals surface area contributed by atoms with Crippen molar-refractivity contribution in [3.8, 4) is 5.88 Å². The maximum atomic E-state index is 14.3. The molecule has 3 aliphatic rings. The van der Waals surface area contributed by atoms with Crippen LogP contribution in [0, 0.1) is 18.2 Å². The van der Waals surface area contributed by atoms with Crippen LogP contribution in [0.3, 0.4) is 0 Å². The number of urea groups is 1. The van der Waals surface area contributed by atoms with Crippen LogP contribution >= 0.6 is 0 Å². The third-order valence-electron chi connectivity index (χ3n) is 5.94. The van der Waals surface area contributed by atoms with Crippen LogP contribution in [-0.2, 0) is 4.74 Å². The number of ether oxygens (including phenoxy) is 2. The molecule has 9 nitrogen and oxygen atoms in total. The fraction of sp³-hybridized carbons (Fsp3) is 0.571. The molecule has 1 aromatic heterocycles. The van der Waals surface area contributed by atoms with E-state index in [1.807, 2.05) is 0 Å². The first-order valence-corrected chi connectivity index (χ1v) is 10.7. The van der Waals surface area contributed by atoms with E-state index in [1.54, 1.807) is 23.8 Å². The van der Waals surface area contributed by atoms with E-state index in [1.165, 1.54) is 6.07 Å². The summed E-state index contributed by atoms with van der Waals surface area (Å²) in [5.74, 6) is 0.124. The van der Waals surface area contributed by atoms with Crippen LogP contribution in [0.25, 0.3) is 0 Å². The average molecular weight is 433 g/mol. The predicted molar refractivity (Wildman–Crippen MR) is 114 cm³/mol. The molecule has 0 aliphatic carbocycles. The fourth-order valence-electron chi connectivity index (χ4n) is 4.16. The molecule has 168 valence electrons. The maximum Gasteiger partial charge on any atom is 0.317 e. The van der Waals surface area contributed by atoms with Crippen LogP contribution in [0.4, 0.5) is 14.9 Å². The zero-order valence-electron chi connectivity index (χ0n) is 18.0. The van der Waals surface area contributed by atoms with Crippen molar-refractivity contribution in [2.75, 3.05) is 51.4 Å². The number of hydrogen-bond acceptors (Lipinski definition) is 6. The molecule has 31 heavy (non-hydrogen) atoms. The van der Waals surface area contributed by atoms with Crippen molar-refractivity contribution in [1.29, 1.82) is 5.41 Å². The van der Waals surface area contributed by atoms with Crippen LogP contribution < -0.4 is 20.3 Å². The summed E-state index contributed by atoms with van der Waals surface area (Å²) in [7, 11) is 1.60. The Morgan fingerprint density at radius 1 is 1.29 bits per heavy atom. The van der Waals surface area contributed by atoms with Crippen molar-refractivity contribution >= 4 is 17.6 Å². The van der Waals surface area contributed by atoms with Gasteiger partial charge in [0.1, 0.15) is 23.9 Å². The van der Waals surface area contributed by atoms with E-state index in [4.69, 9.17) is 14.9 Å². The number of aromatic nitrogens is 1. The van der Waals surface area contributed by atoms with Crippen molar-refractivity contribution in [2.45, 2.75) is 32.2 Å². The molecule has 0 bridgehead atoms. The van der Waals surface area contributed by atoms with Gasteiger partial charge in [0, 0.05) is 56.6 Å². The van der Waals surface area contributed by atoms with Crippen LogP contribution in [0.15, 0.2) is 17.3 Å². The Morgan fingerprint density at radius 3 is 2.81 bits per heavy atom. The summed E-state index contributed by atoms with van der Waals surface area (Å²) in [5, 5.41) is 15.3. The van der Waals surface area contributed by atoms with Gasteiger partial charge in [-0.15, -0.1) is 0 Å². The van der Waals surface area contributed by atoms with Gasteiger partial charge in [-0.3, -0.25) is 5.41 Å². The molecule has 0 saturated carbocycles. The molecule has 4 rings (SSSR count). The molecule has 3 N–H and O–H groups in total. The van der Waals surface area contributed by atoms with E-state index < -0.39 is 5.82 Å². The van der Waals surface area contributed by atoms with Crippen molar-refractivity contribution in [3.63, 3.8) is 0 Å². The highest BCUT2D eigenvalue weighted by Crippen LogP contribution is 2.33. The van der Waals surface area contributed by atoms with Gasteiger partial charge >= 0.3 is 6.03 Å². The van der Waals surface area contributed by atoms with E-state index in [0.717, 1.165) is 24.1 Å². The number of aryl methyl sites for hydroxylation is 1. The number of amidine groups is 1. The second-order valence-corrected chi connectivity index (χ2v) is 7.94. The van der Waals surface area contributed by atoms with Gasteiger partial charge in [-0.05, 0) is 19.8 Å². The van der Waals surface area contributed by atoms with Gasteiger partial charge in [-0.25, -0.2) is 14.2 Å². The van der Waals surface area contributed by atoms with Crippen molar-refractivity contribution < 1.29 is 18.7 Å². The molecule has 0 radical (unpaired) electrons. The highest BCUT2D eigenvalue weighted by atomic mass is 19.1. The highest BCUT2D eigenvalue weighted by Gasteiger charge is 2.32. The lowest BCUT2D eigenvalue weighted by atomic mass is 10.0. The summed E-state index contributed by atoms with van der Waals surface area (Å²) in [4.78, 5) is 19.9. The summed E-state index contributed by atoms with van der Waals surface area (Å²) in [5.41, 5.74) is 2.40. The lowest BCUT2D eigenvalue weighted by Gasteiger charge is -2.37. The molecule has 0 atom stereocenters. The molecule has 0 aromatic carbocycles. The Morgan fingerprint density at radius 2 is 2.06 bits per heavy atom. The second kappa shape index (κ2) is 9.09. The second-order valence-electron chi connectivity index (χ2n) is 7.94. The summed E-state index contributed by atoms with van der Waals surface area (Å²) in [6, 6.07) is 1.47. The number of carbonyl (C=O) groups excluding carboxylic acids is 1. The standard InChI is InChI=1S/C21H29FN6O3/c1-13-16(22)11-18-20(25-13)31-10-7-28(18)19(23)15-12-27(21(29)24-2)6-3-17(15)26-14-4-8-30-9-5-14/h11,14,23,26H,3-10,12H2,1-2H3,(H,24,29). The largest absolute Gasteiger partial charge is 0.474 e. The minimum atomic E-state index is -0.438. The maximum absolute atomic E-state index is 14.3. The number of hydrogen-bond donors (Lipinski definition) is 3. The van der Waals surface area contributed by atoms with E-state index >= 15 is 0 Å². The van der Waals surface area contributed by atoms with Crippen molar-refractivity contribution in [3.05, 3.63) is 28.8 Å². The van der Waals surface area contributed by atoms with Gasteiger partial charge in [0.25, 0.3) is 0 Å². The third kappa shape index (κ3) is 4.43. The lowest BCUT2D eigenvalue weighted by molar-refractivity contribution is 0.0798. The van der Waals surface area contributed by atoms with E-state index in [2.05, 4.69) is 15.6 Å². The Hall–Kier alpha value is -2.88. The number of fused-ring (bicyclic) bond motifs is 1. The Balaban J connectivity index is 1.66. The van der Waals surface area contributed by atoms with Crippen LogP contribution in [0.5, 0.6) is 5.88 Å². The summed E-state index contributed by atoms with van der Waals surface area (Å²) in [6.07, 6.45) is 2.43. The SMILES string of the molecule is CNC(=O)N1CCC(NC2CCOCC2)=C(C(=N)N2CCOc3nc(C)c(F)cc32)C1. The molecule has 2 amide bonds. The van der Waals surface area contributed by atoms with Gasteiger partial charge in [0.15, 0.2) is 0 Å². The molecule has 1 saturated heterocycles. The van der Waals surface area contributed by atoms with Gasteiger partial charge in [-0.2, -0.15) is 0 Å². The van der Waals surface area contributed by atoms with Crippen LogP contribution in [0.2, 0.25) is 0 Å². The third-order valence-corrected chi connectivity index (χ3v) is 5.94. The fourth-order valence-corrected chi connectivity index (χ4v) is 4.16. The molecule has 1 fully saturated rings. The smallest absolute Gasteiger partial charge is 0.317 e. The zero-order valence-corrected chi connectivity index (χ0v) is 18.0. The first-order valence-electron chi connectivity index (χ1n) is 10.7. The lowest BCUT2D eigenvalue weighted by Crippen LogP contribution is -2.49. The first kappa shape index (κ1) is 21.4. The molecular weight excluding hydrogens is 403 g/mol. The number of amides is 2. The topological polar surface area (TPSA) is 103 Å². The Kier molecular flexibility index (Phi) is 6.26. The number of carbonyl (C=O) groups is 1. The molecular formula is C21H29FN6O3.